The summed E-state index contributed by atoms with van der Waals surface area (Å²) in [5, 5.41) is 2.34. The molecular weight excluding hydrogens is 1160 g/mol. The van der Waals surface area contributed by atoms with Gasteiger partial charge < -0.3 is 0 Å². The SMILES string of the molecule is c1ccc(-c2cc(-c3ccc4c(c3)C(c3ccccc3)(c3ccccc3)c3ccccc3-4)nc(-c3ccc(-c4cccc5c(-c6ccc(-c7nc(-c8ccccc8)cc(-c8ccc9c(c8)C(c8ccccc8)(c8ccccc8)c8ccccc8-9)n7)cc6)cccc45)cc3)n2)cc1. The number of aromatic nitrogens is 4. The lowest BCUT2D eigenvalue weighted by atomic mass is 9.67. The molecule has 0 bridgehead atoms. The van der Waals surface area contributed by atoms with Crippen molar-refractivity contribution in [2.45, 2.75) is 10.8 Å². The quantitative estimate of drug-likeness (QED) is 0.122. The topological polar surface area (TPSA) is 51.6 Å². The minimum atomic E-state index is -0.537. The van der Waals surface area contributed by atoms with Crippen LogP contribution in [0.5, 0.6) is 0 Å². The second kappa shape index (κ2) is 23.3. The molecule has 2 heterocycles. The molecule has 0 aliphatic heterocycles. The highest BCUT2D eigenvalue weighted by molar-refractivity contribution is 6.05. The first-order valence-corrected chi connectivity index (χ1v) is 32.9. The Hall–Kier alpha value is -12.5. The molecule has 0 saturated carbocycles. The second-order valence-corrected chi connectivity index (χ2v) is 25.1. The molecule has 14 aromatic carbocycles. The molecule has 0 unspecified atom stereocenters. The van der Waals surface area contributed by atoms with Crippen LogP contribution >= 0.6 is 0 Å². The molecule has 2 aliphatic rings. The highest BCUT2D eigenvalue weighted by Gasteiger charge is 2.48. The maximum atomic E-state index is 5.45. The largest absolute Gasteiger partial charge is 0.228 e. The summed E-state index contributed by atoms with van der Waals surface area (Å²) in [4.78, 5) is 21.5. The fourth-order valence-corrected chi connectivity index (χ4v) is 15.6. The third kappa shape index (κ3) is 9.21. The van der Waals surface area contributed by atoms with Crippen LogP contribution in [0.2, 0.25) is 0 Å². The zero-order valence-electron chi connectivity index (χ0n) is 52.4. The normalized spacial score (nSPS) is 13.0. The summed E-state index contributed by atoms with van der Waals surface area (Å²) in [6.45, 7) is 0. The molecule has 4 heteroatoms. The number of nitrogens with zero attached hydrogens (tertiary/aromatic N) is 4. The molecule has 2 aliphatic carbocycles. The average molecular weight is 1220 g/mol. The molecule has 0 radical (unpaired) electrons. The smallest absolute Gasteiger partial charge is 0.160 e. The molecule has 0 spiro atoms. The number of rotatable bonds is 12. The molecule has 18 rings (SSSR count). The third-order valence-electron chi connectivity index (χ3n) is 19.9. The predicted molar refractivity (Wildman–Crippen MR) is 393 cm³/mol. The van der Waals surface area contributed by atoms with Gasteiger partial charge in [0, 0.05) is 33.4 Å². The van der Waals surface area contributed by atoms with Crippen LogP contribution in [-0.4, -0.2) is 19.9 Å². The van der Waals surface area contributed by atoms with Gasteiger partial charge in [-0.3, -0.25) is 0 Å². The van der Waals surface area contributed by atoms with Crippen molar-refractivity contribution in [2.24, 2.45) is 0 Å². The minimum absolute atomic E-state index is 0.537. The van der Waals surface area contributed by atoms with E-state index in [1.165, 1.54) is 77.5 Å². The van der Waals surface area contributed by atoms with Gasteiger partial charge in [-0.25, -0.2) is 19.9 Å². The molecule has 16 aromatic rings. The Morgan fingerprint density at radius 2 is 0.438 bits per heavy atom. The fourth-order valence-electron chi connectivity index (χ4n) is 15.6. The van der Waals surface area contributed by atoms with E-state index in [1.807, 2.05) is 0 Å². The Labute approximate surface area is 559 Å². The summed E-state index contributed by atoms with van der Waals surface area (Å²) in [5.74, 6) is 1.33. The van der Waals surface area contributed by atoms with E-state index in [1.54, 1.807) is 0 Å². The highest BCUT2D eigenvalue weighted by Crippen LogP contribution is 2.59. The van der Waals surface area contributed by atoms with Crippen molar-refractivity contribution in [3.05, 3.63) is 408 Å². The van der Waals surface area contributed by atoms with E-state index in [0.717, 1.165) is 78.4 Å². The zero-order valence-corrected chi connectivity index (χ0v) is 52.4. The van der Waals surface area contributed by atoms with Gasteiger partial charge in [0.15, 0.2) is 11.6 Å². The minimum Gasteiger partial charge on any atom is -0.228 e. The van der Waals surface area contributed by atoms with Gasteiger partial charge in [0.05, 0.1) is 33.6 Å². The Morgan fingerprint density at radius 3 is 0.792 bits per heavy atom. The van der Waals surface area contributed by atoms with Gasteiger partial charge >= 0.3 is 0 Å². The maximum Gasteiger partial charge on any atom is 0.160 e. The van der Waals surface area contributed by atoms with Gasteiger partial charge in [-0.05, 0) is 124 Å². The fraction of sp³-hybridized carbons (Fsp3) is 0.0217. The van der Waals surface area contributed by atoms with Crippen molar-refractivity contribution >= 4 is 10.8 Å². The molecule has 0 saturated heterocycles. The molecule has 0 atom stereocenters. The summed E-state index contributed by atoms with van der Waals surface area (Å²) >= 11 is 0. The molecule has 4 nitrogen and oxygen atoms in total. The lowest BCUT2D eigenvalue weighted by Gasteiger charge is -2.34. The van der Waals surface area contributed by atoms with Crippen molar-refractivity contribution in [1.82, 2.24) is 19.9 Å². The van der Waals surface area contributed by atoms with E-state index < -0.39 is 10.8 Å². The number of benzene rings is 14. The maximum absolute atomic E-state index is 5.45. The van der Waals surface area contributed by atoms with E-state index in [9.17, 15) is 0 Å². The number of hydrogen-bond acceptors (Lipinski definition) is 4. The molecular formula is C92H60N4. The highest BCUT2D eigenvalue weighted by atomic mass is 14.9. The van der Waals surface area contributed by atoms with Crippen LogP contribution in [0.25, 0.3) is 123 Å². The van der Waals surface area contributed by atoms with Crippen LogP contribution in [0.1, 0.15) is 44.5 Å². The van der Waals surface area contributed by atoms with Gasteiger partial charge in [-0.1, -0.05) is 340 Å². The van der Waals surface area contributed by atoms with Gasteiger partial charge in [-0.15, -0.1) is 0 Å². The lowest BCUT2D eigenvalue weighted by Crippen LogP contribution is -2.28. The molecule has 0 fully saturated rings. The second-order valence-electron chi connectivity index (χ2n) is 25.1. The number of fused-ring (bicyclic) bond motifs is 7. The van der Waals surface area contributed by atoms with E-state index in [2.05, 4.69) is 364 Å². The lowest BCUT2D eigenvalue weighted by molar-refractivity contribution is 0.768. The predicted octanol–water partition coefficient (Wildman–Crippen LogP) is 22.5. The van der Waals surface area contributed by atoms with Crippen LogP contribution in [-0.2, 0) is 10.8 Å². The summed E-state index contributed by atoms with van der Waals surface area (Å²) in [7, 11) is 0. The third-order valence-corrected chi connectivity index (χ3v) is 19.9. The van der Waals surface area contributed by atoms with Crippen molar-refractivity contribution in [3.8, 4) is 112 Å². The van der Waals surface area contributed by atoms with Crippen LogP contribution in [0.3, 0.4) is 0 Å². The van der Waals surface area contributed by atoms with Crippen LogP contribution < -0.4 is 0 Å². The van der Waals surface area contributed by atoms with Crippen LogP contribution in [0.4, 0.5) is 0 Å². The van der Waals surface area contributed by atoms with Crippen molar-refractivity contribution in [1.29, 1.82) is 0 Å². The van der Waals surface area contributed by atoms with E-state index >= 15 is 0 Å². The van der Waals surface area contributed by atoms with E-state index in [4.69, 9.17) is 19.9 Å². The van der Waals surface area contributed by atoms with Crippen molar-refractivity contribution < 1.29 is 0 Å². The zero-order chi connectivity index (χ0) is 63.6. The van der Waals surface area contributed by atoms with E-state index in [-0.39, 0.29) is 0 Å². The van der Waals surface area contributed by atoms with Crippen LogP contribution in [0.15, 0.2) is 364 Å². The Balaban J connectivity index is 0.689. The average Bonchev–Trinajstić information content (AvgIpc) is 1.54. The summed E-state index contributed by atoms with van der Waals surface area (Å²) in [6, 6.07) is 132. The molecule has 448 valence electrons. The first kappa shape index (κ1) is 56.3. The first-order valence-electron chi connectivity index (χ1n) is 32.9. The van der Waals surface area contributed by atoms with Gasteiger partial charge in [-0.2, -0.15) is 0 Å². The first-order chi connectivity index (χ1) is 47.6. The summed E-state index contributed by atoms with van der Waals surface area (Å²) in [5.41, 5.74) is 27.8. The van der Waals surface area contributed by atoms with Crippen molar-refractivity contribution in [3.63, 3.8) is 0 Å². The Morgan fingerprint density at radius 1 is 0.167 bits per heavy atom. The van der Waals surface area contributed by atoms with Gasteiger partial charge in [0.2, 0.25) is 0 Å². The summed E-state index contributed by atoms with van der Waals surface area (Å²) in [6.07, 6.45) is 0. The Bertz CT molecular complexity index is 5170. The molecule has 2 aromatic heterocycles. The summed E-state index contributed by atoms with van der Waals surface area (Å²) < 4.78 is 0. The van der Waals surface area contributed by atoms with Crippen molar-refractivity contribution in [2.75, 3.05) is 0 Å². The van der Waals surface area contributed by atoms with E-state index in [0.29, 0.717) is 11.6 Å². The Kier molecular flexibility index (Phi) is 13.6. The monoisotopic (exact) mass is 1220 g/mol. The molecule has 0 N–H and O–H groups in total. The molecule has 0 amide bonds. The van der Waals surface area contributed by atoms with Gasteiger partial charge in [0.1, 0.15) is 0 Å². The standard InChI is InChI=1S/C92H60N4/c1-7-25-63(26-8-1)85-59-87(67-53-55-79-77-37-19-21-43-81(77)91(83(79)57-67,69-29-11-3-12-30-69)70-31-13-4-14-32-70)95-89(93-85)65-49-45-61(46-50-65)73-39-23-42-76-74(40-24-41-75(73)76)62-47-51-66(52-48-62)90-94-86(64-27-9-2-10-28-64)60-88(96-90)68-54-56-80-78-38-20-22-44-82(78)92(84(80)58-68,71-33-15-5-16-34-71)72-35-17-6-18-36-72/h1-60H. The molecule has 96 heavy (non-hydrogen) atoms. The van der Waals surface area contributed by atoms with Crippen LogP contribution in [0, 0.1) is 0 Å². The van der Waals surface area contributed by atoms with Gasteiger partial charge in [0.25, 0.3) is 0 Å². The number of hydrogen-bond donors (Lipinski definition) is 0.